The largest absolute Gasteiger partial charge is 0.395 e. The molecule has 0 aliphatic rings. The standard InChI is InChI=1S/C14H23FN2O2/c1-11(16-2)13-10-12(15)4-5-14(13)17(6-8-18)7-9-19-3/h4-5,10-11,16,18H,6-9H2,1-3H3. The molecule has 5 heteroatoms. The van der Waals surface area contributed by atoms with E-state index in [1.807, 2.05) is 18.9 Å². The van der Waals surface area contributed by atoms with Crippen LogP contribution in [0.4, 0.5) is 10.1 Å². The van der Waals surface area contributed by atoms with Gasteiger partial charge in [0.05, 0.1) is 13.2 Å². The summed E-state index contributed by atoms with van der Waals surface area (Å²) >= 11 is 0. The molecular weight excluding hydrogens is 247 g/mol. The van der Waals surface area contributed by atoms with Crippen LogP contribution < -0.4 is 10.2 Å². The third-order valence-electron chi connectivity index (χ3n) is 3.17. The number of aliphatic hydroxyl groups is 1. The first-order valence-corrected chi connectivity index (χ1v) is 6.45. The van der Waals surface area contributed by atoms with Crippen molar-refractivity contribution in [2.45, 2.75) is 13.0 Å². The fourth-order valence-electron chi connectivity index (χ4n) is 1.99. The third-order valence-corrected chi connectivity index (χ3v) is 3.17. The van der Waals surface area contributed by atoms with Crippen molar-refractivity contribution in [2.24, 2.45) is 0 Å². The Morgan fingerprint density at radius 1 is 1.42 bits per heavy atom. The molecule has 1 aromatic carbocycles. The fraction of sp³-hybridized carbons (Fsp3) is 0.571. The van der Waals surface area contributed by atoms with Gasteiger partial charge in [0, 0.05) is 31.9 Å². The minimum atomic E-state index is -0.253. The van der Waals surface area contributed by atoms with Crippen LogP contribution in [0.1, 0.15) is 18.5 Å². The monoisotopic (exact) mass is 270 g/mol. The van der Waals surface area contributed by atoms with Crippen LogP contribution in [0.3, 0.4) is 0 Å². The zero-order chi connectivity index (χ0) is 14.3. The van der Waals surface area contributed by atoms with E-state index in [9.17, 15) is 4.39 Å². The predicted octanol–water partition coefficient (Wildman–Crippen LogP) is 1.55. The third kappa shape index (κ3) is 4.45. The summed E-state index contributed by atoms with van der Waals surface area (Å²) in [5.74, 6) is -0.253. The second kappa shape index (κ2) is 8.09. The van der Waals surface area contributed by atoms with Crippen LogP contribution in [-0.4, -0.2) is 45.6 Å². The summed E-state index contributed by atoms with van der Waals surface area (Å²) in [7, 11) is 3.48. The lowest BCUT2D eigenvalue weighted by Gasteiger charge is -2.28. The number of hydrogen-bond donors (Lipinski definition) is 2. The Morgan fingerprint density at radius 2 is 2.16 bits per heavy atom. The minimum Gasteiger partial charge on any atom is -0.395 e. The number of ether oxygens (including phenoxy) is 1. The predicted molar refractivity (Wildman–Crippen MR) is 75.0 cm³/mol. The normalized spacial score (nSPS) is 12.5. The highest BCUT2D eigenvalue weighted by atomic mass is 19.1. The molecule has 0 heterocycles. The van der Waals surface area contributed by atoms with Crippen molar-refractivity contribution in [3.63, 3.8) is 0 Å². The number of benzene rings is 1. The summed E-state index contributed by atoms with van der Waals surface area (Å²) in [6, 6.07) is 4.77. The number of methoxy groups -OCH3 is 1. The van der Waals surface area contributed by atoms with E-state index in [-0.39, 0.29) is 18.5 Å². The first-order valence-electron chi connectivity index (χ1n) is 6.45. The van der Waals surface area contributed by atoms with E-state index in [1.165, 1.54) is 12.1 Å². The molecule has 0 radical (unpaired) electrons. The number of nitrogens with zero attached hydrogens (tertiary/aromatic N) is 1. The maximum atomic E-state index is 13.4. The molecule has 1 aromatic rings. The first kappa shape index (κ1) is 15.9. The van der Waals surface area contributed by atoms with E-state index in [0.29, 0.717) is 19.7 Å². The Balaban J connectivity index is 3.05. The van der Waals surface area contributed by atoms with E-state index in [0.717, 1.165) is 11.3 Å². The fourth-order valence-corrected chi connectivity index (χ4v) is 1.99. The summed E-state index contributed by atoms with van der Waals surface area (Å²) in [5, 5.41) is 12.3. The summed E-state index contributed by atoms with van der Waals surface area (Å²) in [6.07, 6.45) is 0. The van der Waals surface area contributed by atoms with Gasteiger partial charge in [-0.05, 0) is 37.7 Å². The van der Waals surface area contributed by atoms with Gasteiger partial charge < -0.3 is 20.1 Å². The van der Waals surface area contributed by atoms with Crippen LogP contribution in [0.15, 0.2) is 18.2 Å². The maximum Gasteiger partial charge on any atom is 0.123 e. The van der Waals surface area contributed by atoms with Gasteiger partial charge in [-0.1, -0.05) is 0 Å². The molecule has 0 fully saturated rings. The Bertz CT molecular complexity index is 388. The average Bonchev–Trinajstić information content (AvgIpc) is 2.42. The molecule has 108 valence electrons. The van der Waals surface area contributed by atoms with E-state index >= 15 is 0 Å². The lowest BCUT2D eigenvalue weighted by atomic mass is 10.0. The highest BCUT2D eigenvalue weighted by Gasteiger charge is 2.15. The van der Waals surface area contributed by atoms with Crippen LogP contribution in [0, 0.1) is 5.82 Å². The lowest BCUT2D eigenvalue weighted by molar-refractivity contribution is 0.203. The van der Waals surface area contributed by atoms with Crippen LogP contribution in [-0.2, 0) is 4.74 Å². The zero-order valence-corrected chi connectivity index (χ0v) is 11.8. The minimum absolute atomic E-state index is 0.0365. The van der Waals surface area contributed by atoms with Crippen LogP contribution >= 0.6 is 0 Å². The van der Waals surface area contributed by atoms with Crippen LogP contribution in [0.25, 0.3) is 0 Å². The van der Waals surface area contributed by atoms with Gasteiger partial charge in [0.25, 0.3) is 0 Å². The van der Waals surface area contributed by atoms with Gasteiger partial charge in [-0.2, -0.15) is 0 Å². The number of nitrogens with one attached hydrogen (secondary N) is 1. The molecule has 0 saturated heterocycles. The maximum absolute atomic E-state index is 13.4. The Morgan fingerprint density at radius 3 is 2.74 bits per heavy atom. The molecule has 0 amide bonds. The van der Waals surface area contributed by atoms with E-state index in [1.54, 1.807) is 13.2 Å². The molecule has 2 N–H and O–H groups in total. The van der Waals surface area contributed by atoms with E-state index < -0.39 is 0 Å². The summed E-state index contributed by atoms with van der Waals surface area (Å²) in [6.45, 7) is 3.75. The molecule has 1 atom stereocenters. The SMILES string of the molecule is CNC(C)c1cc(F)ccc1N(CCO)CCOC. The van der Waals surface area contributed by atoms with Crippen molar-refractivity contribution in [3.05, 3.63) is 29.6 Å². The van der Waals surface area contributed by atoms with Crippen LogP contribution in [0.2, 0.25) is 0 Å². The van der Waals surface area contributed by atoms with Crippen molar-refractivity contribution in [2.75, 3.05) is 45.4 Å². The molecule has 0 aliphatic carbocycles. The number of halogens is 1. The van der Waals surface area contributed by atoms with Gasteiger partial charge in [-0.3, -0.25) is 0 Å². The van der Waals surface area contributed by atoms with Gasteiger partial charge in [-0.15, -0.1) is 0 Å². The summed E-state index contributed by atoms with van der Waals surface area (Å²) < 4.78 is 18.5. The molecule has 0 aliphatic heterocycles. The second-order valence-corrected chi connectivity index (χ2v) is 4.42. The Kier molecular flexibility index (Phi) is 6.77. The zero-order valence-electron chi connectivity index (χ0n) is 11.8. The topological polar surface area (TPSA) is 44.7 Å². The molecule has 19 heavy (non-hydrogen) atoms. The molecule has 1 rings (SSSR count). The van der Waals surface area contributed by atoms with Gasteiger partial charge in [0.2, 0.25) is 0 Å². The van der Waals surface area contributed by atoms with Gasteiger partial charge in [-0.25, -0.2) is 4.39 Å². The molecule has 0 saturated carbocycles. The van der Waals surface area contributed by atoms with Crippen molar-refractivity contribution < 1.29 is 14.2 Å². The average molecular weight is 270 g/mol. The summed E-state index contributed by atoms with van der Waals surface area (Å²) in [4.78, 5) is 2.01. The van der Waals surface area contributed by atoms with Gasteiger partial charge >= 0.3 is 0 Å². The Labute approximate surface area is 114 Å². The molecule has 0 spiro atoms. The van der Waals surface area contributed by atoms with Crippen molar-refractivity contribution in [1.82, 2.24) is 5.32 Å². The number of anilines is 1. The Hall–Kier alpha value is -1.17. The molecular formula is C14H23FN2O2. The molecule has 1 unspecified atom stereocenters. The molecule has 0 aromatic heterocycles. The smallest absolute Gasteiger partial charge is 0.123 e. The van der Waals surface area contributed by atoms with Crippen molar-refractivity contribution in [3.8, 4) is 0 Å². The highest BCUT2D eigenvalue weighted by molar-refractivity contribution is 5.55. The highest BCUT2D eigenvalue weighted by Crippen LogP contribution is 2.27. The second-order valence-electron chi connectivity index (χ2n) is 4.42. The van der Waals surface area contributed by atoms with Gasteiger partial charge in [0.1, 0.15) is 5.82 Å². The number of hydrogen-bond acceptors (Lipinski definition) is 4. The number of rotatable bonds is 8. The molecule has 0 bridgehead atoms. The van der Waals surface area contributed by atoms with Crippen molar-refractivity contribution >= 4 is 5.69 Å². The summed E-state index contributed by atoms with van der Waals surface area (Å²) in [5.41, 5.74) is 1.81. The lowest BCUT2D eigenvalue weighted by Crippen LogP contribution is -2.32. The van der Waals surface area contributed by atoms with E-state index in [4.69, 9.17) is 9.84 Å². The van der Waals surface area contributed by atoms with Gasteiger partial charge in [0.15, 0.2) is 0 Å². The van der Waals surface area contributed by atoms with E-state index in [2.05, 4.69) is 5.32 Å². The van der Waals surface area contributed by atoms with Crippen LogP contribution in [0.5, 0.6) is 0 Å². The van der Waals surface area contributed by atoms with Crippen molar-refractivity contribution in [1.29, 1.82) is 0 Å². The molecule has 4 nitrogen and oxygen atoms in total. The quantitative estimate of drug-likeness (QED) is 0.752. The number of aliphatic hydroxyl groups excluding tert-OH is 1. The first-order chi connectivity index (χ1) is 9.13.